The molecule has 7 rings (SSSR count). The van der Waals surface area contributed by atoms with Crippen molar-refractivity contribution in [2.24, 2.45) is 0 Å². The van der Waals surface area contributed by atoms with E-state index in [0.29, 0.717) is 0 Å². The Labute approximate surface area is 240 Å². The molecule has 39 heavy (non-hydrogen) atoms. The summed E-state index contributed by atoms with van der Waals surface area (Å²) >= 11 is 0. The van der Waals surface area contributed by atoms with Gasteiger partial charge in [0.25, 0.3) is 0 Å². The maximum Gasteiger partial charge on any atom is 0.0771 e. The molecule has 0 saturated heterocycles. The average molecular weight is 679 g/mol. The Hall–Kier alpha value is -4.57. The molecule has 4 aromatic heterocycles. The molecule has 0 aliphatic carbocycles. The number of benzene rings is 3. The Kier molecular flexibility index (Phi) is 8.23. The van der Waals surface area contributed by atoms with Crippen molar-refractivity contribution in [3.8, 4) is 33.6 Å². The first-order valence-corrected chi connectivity index (χ1v) is 12.3. The van der Waals surface area contributed by atoms with E-state index in [1.807, 2.05) is 91.3 Å². The van der Waals surface area contributed by atoms with E-state index in [1.54, 1.807) is 12.4 Å². The van der Waals surface area contributed by atoms with Gasteiger partial charge in [-0.2, -0.15) is 0 Å². The van der Waals surface area contributed by atoms with E-state index in [0.717, 1.165) is 55.4 Å². The van der Waals surface area contributed by atoms with Gasteiger partial charge in [-0.3, -0.25) is 9.97 Å². The normalized spacial score (nSPS) is 10.4. The molecule has 3 aromatic carbocycles. The fraction of sp³-hybridized carbons (Fsp3) is 0. The summed E-state index contributed by atoms with van der Waals surface area (Å²) in [6.45, 7) is 0. The topological polar surface area (TPSA) is 51.6 Å². The summed E-state index contributed by atoms with van der Waals surface area (Å²) in [4.78, 5) is 17.9. The van der Waals surface area contributed by atoms with Crippen LogP contribution >= 0.6 is 0 Å². The number of aromatic nitrogens is 4. The van der Waals surface area contributed by atoms with Crippen LogP contribution in [0.1, 0.15) is 0 Å². The average Bonchev–Trinajstić information content (AvgIpc) is 3.02. The van der Waals surface area contributed by atoms with Crippen molar-refractivity contribution in [2.45, 2.75) is 0 Å². The zero-order chi connectivity index (χ0) is 25.6. The molecule has 0 fully saturated rings. The number of rotatable bonds is 3. The molecule has 189 valence electrons. The van der Waals surface area contributed by atoms with E-state index in [1.165, 1.54) is 0 Å². The summed E-state index contributed by atoms with van der Waals surface area (Å²) < 4.78 is 0. The second kappa shape index (κ2) is 12.3. The molecule has 0 aliphatic rings. The van der Waals surface area contributed by atoms with Gasteiger partial charge in [-0.25, -0.2) is 0 Å². The van der Waals surface area contributed by atoms with E-state index >= 15 is 0 Å². The zero-order valence-electron chi connectivity index (χ0n) is 20.8. The number of hydrogen-bond donors (Lipinski definition) is 0. The van der Waals surface area contributed by atoms with Crippen LogP contribution in [0.4, 0.5) is 0 Å². The van der Waals surface area contributed by atoms with Crippen molar-refractivity contribution in [1.82, 2.24) is 19.9 Å². The van der Waals surface area contributed by atoms with E-state index in [4.69, 9.17) is 0 Å². The van der Waals surface area contributed by atoms with Gasteiger partial charge < -0.3 is 9.97 Å². The number of fused-ring (bicyclic) bond motifs is 3. The Morgan fingerprint density at radius 3 is 1.87 bits per heavy atom. The fourth-order valence-corrected chi connectivity index (χ4v) is 4.40. The third kappa shape index (κ3) is 5.80. The van der Waals surface area contributed by atoms with Crippen molar-refractivity contribution < 1.29 is 20.1 Å². The molecule has 0 N–H and O–H groups in total. The zero-order valence-corrected chi connectivity index (χ0v) is 23.2. The Morgan fingerprint density at radius 2 is 1.15 bits per heavy atom. The quantitative estimate of drug-likeness (QED) is 0.141. The van der Waals surface area contributed by atoms with Crippen LogP contribution in [-0.2, 0) is 20.1 Å². The van der Waals surface area contributed by atoms with Crippen molar-refractivity contribution in [2.75, 3.05) is 0 Å². The van der Waals surface area contributed by atoms with Gasteiger partial charge >= 0.3 is 0 Å². The molecule has 7 aromatic rings. The summed E-state index contributed by atoms with van der Waals surface area (Å²) in [5.41, 5.74) is 7.98. The molecule has 5 heteroatoms. The summed E-state index contributed by atoms with van der Waals surface area (Å²) in [5, 5.41) is 2.23. The minimum atomic E-state index is 0. The minimum absolute atomic E-state index is 0. The molecule has 0 unspecified atom stereocenters. The first-order chi connectivity index (χ1) is 18.9. The van der Waals surface area contributed by atoms with Gasteiger partial charge in [-0.15, -0.1) is 65.7 Å². The molecule has 0 saturated carbocycles. The Bertz CT molecular complexity index is 1770. The minimum Gasteiger partial charge on any atom is -0.305 e. The standard InChI is InChI=1S/C23H14N3.C11H8N.Ir/c1-2-11-24-21(10-1)17-7-3-6-16(14-17)20-15-22-18(8-4-12-25-22)19-9-5-13-26-23(19)20;1-2-6-10(7-3-1)11-8-4-5-9-12-11;/h1-6,8-15H;1-6,8-9H;/q2*-1;. The SMILES string of the molecule is [Ir].[c-]1ccc(-c2cc3ncccc3c3cccnc23)cc1-c1ccccn1.[c-]1ccccc1-c1ccccn1. The molecule has 0 spiro atoms. The van der Waals surface area contributed by atoms with Crippen LogP contribution in [0.25, 0.3) is 55.4 Å². The number of hydrogen-bond acceptors (Lipinski definition) is 4. The number of pyridine rings is 4. The summed E-state index contributed by atoms with van der Waals surface area (Å²) in [6.07, 6.45) is 7.25. The van der Waals surface area contributed by atoms with Crippen molar-refractivity contribution >= 4 is 21.8 Å². The van der Waals surface area contributed by atoms with Gasteiger partial charge in [-0.1, -0.05) is 42.0 Å². The van der Waals surface area contributed by atoms with Crippen LogP contribution in [0.5, 0.6) is 0 Å². The molecule has 0 aliphatic heterocycles. The Morgan fingerprint density at radius 1 is 0.487 bits per heavy atom. The maximum atomic E-state index is 4.66. The van der Waals surface area contributed by atoms with Crippen LogP contribution in [-0.4, -0.2) is 19.9 Å². The van der Waals surface area contributed by atoms with Crippen molar-refractivity contribution in [3.05, 3.63) is 146 Å². The molecule has 4 nitrogen and oxygen atoms in total. The molecule has 4 heterocycles. The molecular weight excluding hydrogens is 657 g/mol. The van der Waals surface area contributed by atoms with Gasteiger partial charge in [0.2, 0.25) is 0 Å². The smallest absolute Gasteiger partial charge is 0.0771 e. The second-order valence-electron chi connectivity index (χ2n) is 8.59. The molecular formula is C34H22IrN4-2. The molecule has 1 radical (unpaired) electrons. The van der Waals surface area contributed by atoms with E-state index < -0.39 is 0 Å². The number of nitrogens with zero attached hydrogens (tertiary/aromatic N) is 4. The largest absolute Gasteiger partial charge is 0.305 e. The van der Waals surface area contributed by atoms with Crippen molar-refractivity contribution in [3.63, 3.8) is 0 Å². The fourth-order valence-electron chi connectivity index (χ4n) is 4.40. The monoisotopic (exact) mass is 679 g/mol. The van der Waals surface area contributed by atoms with Crippen LogP contribution in [0.15, 0.2) is 134 Å². The van der Waals surface area contributed by atoms with Crippen LogP contribution < -0.4 is 0 Å². The Balaban J connectivity index is 0.000000200. The summed E-state index contributed by atoms with van der Waals surface area (Å²) in [7, 11) is 0. The molecule has 0 bridgehead atoms. The van der Waals surface area contributed by atoms with Crippen LogP contribution in [0.3, 0.4) is 0 Å². The predicted molar refractivity (Wildman–Crippen MR) is 153 cm³/mol. The van der Waals surface area contributed by atoms with E-state index in [9.17, 15) is 0 Å². The maximum absolute atomic E-state index is 4.66. The third-order valence-electron chi connectivity index (χ3n) is 6.18. The summed E-state index contributed by atoms with van der Waals surface area (Å²) in [6, 6.07) is 42.3. The van der Waals surface area contributed by atoms with E-state index in [2.05, 4.69) is 62.4 Å². The predicted octanol–water partition coefficient (Wildman–Crippen LogP) is 7.86. The molecule has 0 amide bonds. The van der Waals surface area contributed by atoms with Gasteiger partial charge in [0, 0.05) is 55.7 Å². The van der Waals surface area contributed by atoms with E-state index in [-0.39, 0.29) is 20.1 Å². The van der Waals surface area contributed by atoms with Gasteiger partial charge in [0.1, 0.15) is 0 Å². The second-order valence-corrected chi connectivity index (χ2v) is 8.59. The van der Waals surface area contributed by atoms with Gasteiger partial charge in [0.15, 0.2) is 0 Å². The van der Waals surface area contributed by atoms with Crippen LogP contribution in [0, 0.1) is 12.1 Å². The first kappa shape index (κ1) is 26.1. The summed E-state index contributed by atoms with van der Waals surface area (Å²) in [5.74, 6) is 0. The molecule has 0 atom stereocenters. The van der Waals surface area contributed by atoms with Crippen LogP contribution in [0.2, 0.25) is 0 Å². The third-order valence-corrected chi connectivity index (χ3v) is 6.18. The first-order valence-electron chi connectivity index (χ1n) is 12.3. The van der Waals surface area contributed by atoms with Gasteiger partial charge in [0.05, 0.1) is 11.0 Å². The van der Waals surface area contributed by atoms with Gasteiger partial charge in [-0.05, 0) is 47.3 Å². The van der Waals surface area contributed by atoms with Crippen molar-refractivity contribution in [1.29, 1.82) is 0 Å².